The number of aliphatic imine (C=N–C) groups is 1. The number of rotatable bonds is 3. The summed E-state index contributed by atoms with van der Waals surface area (Å²) in [7, 11) is 1.29. The molecule has 0 aliphatic rings. The molecule has 1 aromatic rings. The summed E-state index contributed by atoms with van der Waals surface area (Å²) >= 11 is 1.19. The van der Waals surface area contributed by atoms with Gasteiger partial charge in [-0.15, -0.1) is 11.8 Å². The minimum absolute atomic E-state index is 0.320. The van der Waals surface area contributed by atoms with Crippen molar-refractivity contribution in [1.29, 1.82) is 0 Å². The molecule has 2 N–H and O–H groups in total. The number of nitrogens with two attached hydrogens (primary N) is 1. The van der Waals surface area contributed by atoms with Crippen molar-refractivity contribution in [2.24, 2.45) is 10.7 Å². The molecule has 96 valence electrons. The maximum Gasteiger partial charge on any atom is 0.339 e. The van der Waals surface area contributed by atoms with Crippen LogP contribution in [0.15, 0.2) is 35.3 Å². The first-order chi connectivity index (χ1) is 8.60. The molecular formula is C12H14N2O3S. The third kappa shape index (κ3) is 3.59. The van der Waals surface area contributed by atoms with Crippen molar-refractivity contribution >= 4 is 28.8 Å². The fourth-order valence-corrected chi connectivity index (χ4v) is 2.13. The number of carbonyl (C=O) groups is 2. The van der Waals surface area contributed by atoms with Gasteiger partial charge >= 0.3 is 12.0 Å². The molecule has 5 nitrogen and oxygen atoms in total. The van der Waals surface area contributed by atoms with Gasteiger partial charge < -0.3 is 10.5 Å². The van der Waals surface area contributed by atoms with E-state index in [-0.39, 0.29) is 0 Å². The van der Waals surface area contributed by atoms with Crippen molar-refractivity contribution in [1.82, 2.24) is 0 Å². The van der Waals surface area contributed by atoms with Gasteiger partial charge in [0.25, 0.3) is 0 Å². The van der Waals surface area contributed by atoms with Crippen LogP contribution in [-0.2, 0) is 9.53 Å². The molecule has 0 bridgehead atoms. The smallest absolute Gasteiger partial charge is 0.339 e. The molecule has 0 aromatic heterocycles. The van der Waals surface area contributed by atoms with E-state index in [0.29, 0.717) is 10.6 Å². The standard InChI is InChI=1S/C12H14N2O3S/c1-17-11(15)9(8-6-4-3-5-7-8)10(18-2)14-12(13)16/h3-7,9H,1-2H3,(H2,13,16)/b14-10-. The molecule has 1 atom stereocenters. The summed E-state index contributed by atoms with van der Waals surface area (Å²) in [5.74, 6) is -1.20. The Morgan fingerprint density at radius 1 is 1.33 bits per heavy atom. The van der Waals surface area contributed by atoms with Crippen LogP contribution in [-0.4, -0.2) is 30.4 Å². The molecule has 2 amide bonds. The molecule has 6 heteroatoms. The molecule has 0 aliphatic heterocycles. The average Bonchev–Trinajstić information content (AvgIpc) is 2.38. The van der Waals surface area contributed by atoms with Crippen molar-refractivity contribution in [2.75, 3.05) is 13.4 Å². The number of amides is 2. The average molecular weight is 266 g/mol. The number of benzene rings is 1. The Labute approximate surface area is 109 Å². The second kappa shape index (κ2) is 6.80. The number of thioether (sulfide) groups is 1. The van der Waals surface area contributed by atoms with E-state index >= 15 is 0 Å². The van der Waals surface area contributed by atoms with Crippen LogP contribution in [0.3, 0.4) is 0 Å². The lowest BCUT2D eigenvalue weighted by molar-refractivity contribution is -0.140. The number of hydrogen-bond donors (Lipinski definition) is 1. The second-order valence-corrected chi connectivity index (χ2v) is 4.19. The molecular weight excluding hydrogens is 252 g/mol. The van der Waals surface area contributed by atoms with Gasteiger partial charge in [0.05, 0.1) is 12.2 Å². The van der Waals surface area contributed by atoms with Crippen LogP contribution in [0.1, 0.15) is 11.5 Å². The first-order valence-electron chi connectivity index (χ1n) is 5.15. The molecule has 1 aromatic carbocycles. The Bertz CT molecular complexity index is 460. The number of primary amides is 1. The number of ether oxygens (including phenoxy) is 1. The number of urea groups is 1. The first-order valence-corrected chi connectivity index (χ1v) is 6.37. The highest BCUT2D eigenvalue weighted by atomic mass is 32.2. The van der Waals surface area contributed by atoms with Crippen molar-refractivity contribution in [3.63, 3.8) is 0 Å². The second-order valence-electron chi connectivity index (χ2n) is 3.36. The van der Waals surface area contributed by atoms with E-state index in [1.165, 1.54) is 18.9 Å². The Hall–Kier alpha value is -1.82. The van der Waals surface area contributed by atoms with Crippen LogP contribution >= 0.6 is 11.8 Å². The fraction of sp³-hybridized carbons (Fsp3) is 0.250. The highest BCUT2D eigenvalue weighted by molar-refractivity contribution is 8.13. The normalized spacial score (nSPS) is 12.9. The van der Waals surface area contributed by atoms with Gasteiger partial charge in [0.15, 0.2) is 0 Å². The summed E-state index contributed by atoms with van der Waals surface area (Å²) in [5.41, 5.74) is 5.74. The van der Waals surface area contributed by atoms with Gasteiger partial charge in [-0.05, 0) is 11.8 Å². The Balaban J connectivity index is 3.21. The van der Waals surface area contributed by atoms with Gasteiger partial charge in [-0.25, -0.2) is 4.79 Å². The van der Waals surface area contributed by atoms with Crippen LogP contribution in [0, 0.1) is 0 Å². The minimum Gasteiger partial charge on any atom is -0.468 e. The van der Waals surface area contributed by atoms with Crippen molar-refractivity contribution in [3.05, 3.63) is 35.9 Å². The highest BCUT2D eigenvalue weighted by Crippen LogP contribution is 2.24. The van der Waals surface area contributed by atoms with E-state index in [0.717, 1.165) is 0 Å². The van der Waals surface area contributed by atoms with Gasteiger partial charge in [-0.1, -0.05) is 30.3 Å². The van der Waals surface area contributed by atoms with Gasteiger partial charge in [0.2, 0.25) is 0 Å². The molecule has 1 rings (SSSR count). The molecule has 0 radical (unpaired) electrons. The number of esters is 1. The highest BCUT2D eigenvalue weighted by Gasteiger charge is 2.27. The summed E-state index contributed by atoms with van der Waals surface area (Å²) in [6.45, 7) is 0. The van der Waals surface area contributed by atoms with E-state index in [2.05, 4.69) is 4.99 Å². The van der Waals surface area contributed by atoms with Crippen molar-refractivity contribution in [2.45, 2.75) is 5.92 Å². The number of methoxy groups -OCH3 is 1. The van der Waals surface area contributed by atoms with Crippen molar-refractivity contribution < 1.29 is 14.3 Å². The lowest BCUT2D eigenvalue weighted by Crippen LogP contribution is -2.23. The van der Waals surface area contributed by atoms with Gasteiger partial charge in [-0.2, -0.15) is 4.99 Å². The van der Waals surface area contributed by atoms with Crippen LogP contribution in [0.25, 0.3) is 0 Å². The summed E-state index contributed by atoms with van der Waals surface area (Å²) < 4.78 is 4.75. The zero-order chi connectivity index (χ0) is 13.5. The maximum atomic E-state index is 11.8. The zero-order valence-corrected chi connectivity index (χ0v) is 10.9. The zero-order valence-electron chi connectivity index (χ0n) is 10.1. The Kier molecular flexibility index (Phi) is 5.38. The molecule has 0 saturated carbocycles. The van der Waals surface area contributed by atoms with Gasteiger partial charge in [-0.3, -0.25) is 4.79 Å². The SMILES string of the molecule is COC(=O)C(/C(=N/C(N)=O)SC)c1ccccc1. The Morgan fingerprint density at radius 3 is 2.39 bits per heavy atom. The lowest BCUT2D eigenvalue weighted by atomic mass is 10.0. The minimum atomic E-state index is -0.829. The van der Waals surface area contributed by atoms with E-state index in [9.17, 15) is 9.59 Å². The lowest BCUT2D eigenvalue weighted by Gasteiger charge is -2.15. The van der Waals surface area contributed by atoms with E-state index in [1.54, 1.807) is 30.5 Å². The third-order valence-electron chi connectivity index (χ3n) is 2.25. The predicted octanol–water partition coefficient (Wildman–Crippen LogP) is 1.78. The summed E-state index contributed by atoms with van der Waals surface area (Å²) in [6, 6.07) is 8.15. The van der Waals surface area contributed by atoms with Crippen molar-refractivity contribution in [3.8, 4) is 0 Å². The summed E-state index contributed by atoms with van der Waals surface area (Å²) in [5, 5.41) is 0.320. The molecule has 0 saturated heterocycles. The molecule has 0 fully saturated rings. The van der Waals surface area contributed by atoms with Gasteiger partial charge in [0.1, 0.15) is 5.92 Å². The molecule has 0 aliphatic carbocycles. The predicted molar refractivity (Wildman–Crippen MR) is 71.7 cm³/mol. The molecule has 1 unspecified atom stereocenters. The summed E-state index contributed by atoms with van der Waals surface area (Å²) in [6.07, 6.45) is 1.72. The number of hydrogen-bond acceptors (Lipinski definition) is 4. The largest absolute Gasteiger partial charge is 0.468 e. The fourth-order valence-electron chi connectivity index (χ4n) is 1.48. The Morgan fingerprint density at radius 2 is 1.94 bits per heavy atom. The van der Waals surface area contributed by atoms with E-state index in [4.69, 9.17) is 10.5 Å². The molecule has 0 heterocycles. The summed E-state index contributed by atoms with van der Waals surface area (Å²) in [4.78, 5) is 26.4. The number of carbonyl (C=O) groups excluding carboxylic acids is 2. The van der Waals surface area contributed by atoms with E-state index in [1.807, 2.05) is 6.07 Å². The topological polar surface area (TPSA) is 81.8 Å². The van der Waals surface area contributed by atoms with Crippen LogP contribution in [0.4, 0.5) is 4.79 Å². The third-order valence-corrected chi connectivity index (χ3v) is 2.99. The maximum absolute atomic E-state index is 11.8. The van der Waals surface area contributed by atoms with Gasteiger partial charge in [0, 0.05) is 0 Å². The van der Waals surface area contributed by atoms with Crippen LogP contribution in [0.2, 0.25) is 0 Å². The van der Waals surface area contributed by atoms with Crippen LogP contribution in [0.5, 0.6) is 0 Å². The van der Waals surface area contributed by atoms with Crippen LogP contribution < -0.4 is 5.73 Å². The number of nitrogens with zero attached hydrogens (tertiary/aromatic N) is 1. The quantitative estimate of drug-likeness (QED) is 0.513. The monoisotopic (exact) mass is 266 g/mol. The molecule has 0 spiro atoms. The first kappa shape index (κ1) is 14.2. The molecule has 18 heavy (non-hydrogen) atoms. The van der Waals surface area contributed by atoms with E-state index < -0.39 is 17.9 Å².